The summed E-state index contributed by atoms with van der Waals surface area (Å²) in [5, 5.41) is 6.76. The molecule has 1 aromatic heterocycles. The molecule has 78 valence electrons. The fraction of sp³-hybridized carbons (Fsp3) is 0.111. The largest absolute Gasteiger partial charge is 0.408 e. The van der Waals surface area contributed by atoms with Gasteiger partial charge in [0.1, 0.15) is 0 Å². The van der Waals surface area contributed by atoms with Gasteiger partial charge in [0.25, 0.3) is 0 Å². The molecule has 0 aliphatic heterocycles. The van der Waals surface area contributed by atoms with Gasteiger partial charge in [-0.2, -0.15) is 0 Å². The van der Waals surface area contributed by atoms with Crippen molar-refractivity contribution in [3.63, 3.8) is 0 Å². The molecule has 0 saturated carbocycles. The van der Waals surface area contributed by atoms with E-state index in [1.807, 2.05) is 6.07 Å². The monoisotopic (exact) mass is 224 g/mol. The van der Waals surface area contributed by atoms with Crippen molar-refractivity contribution in [1.29, 1.82) is 0 Å². The van der Waals surface area contributed by atoms with Gasteiger partial charge in [-0.25, -0.2) is 8.42 Å². The van der Waals surface area contributed by atoms with E-state index in [1.54, 1.807) is 24.3 Å². The van der Waals surface area contributed by atoms with E-state index in [1.165, 1.54) is 0 Å². The molecule has 1 aromatic carbocycles. The zero-order valence-corrected chi connectivity index (χ0v) is 8.73. The molecule has 0 spiro atoms. The minimum absolute atomic E-state index is 0.205. The number of aromatic nitrogens is 2. The van der Waals surface area contributed by atoms with Gasteiger partial charge in [0.15, 0.2) is 0 Å². The molecule has 0 atom stereocenters. The lowest BCUT2D eigenvalue weighted by Crippen LogP contribution is -1.96. The van der Waals surface area contributed by atoms with Crippen molar-refractivity contribution in [1.82, 2.24) is 10.2 Å². The minimum Gasteiger partial charge on any atom is -0.408 e. The fourth-order valence-electron chi connectivity index (χ4n) is 1.06. The highest BCUT2D eigenvalue weighted by molar-refractivity contribution is 7.90. The van der Waals surface area contributed by atoms with E-state index in [0.29, 0.717) is 5.56 Å². The van der Waals surface area contributed by atoms with E-state index in [2.05, 4.69) is 10.2 Å². The van der Waals surface area contributed by atoms with Gasteiger partial charge in [0.2, 0.25) is 15.7 Å². The maximum atomic E-state index is 11.1. The molecule has 0 aliphatic rings. The third-order valence-corrected chi connectivity index (χ3v) is 2.54. The van der Waals surface area contributed by atoms with Crippen LogP contribution in [0, 0.1) is 0 Å². The molecule has 0 radical (unpaired) electrons. The molecule has 0 bridgehead atoms. The quantitative estimate of drug-likeness (QED) is 0.764. The molecule has 0 N–H and O–H groups in total. The molecule has 5 nitrogen and oxygen atoms in total. The van der Waals surface area contributed by atoms with E-state index in [-0.39, 0.29) is 11.1 Å². The number of sulfone groups is 1. The summed E-state index contributed by atoms with van der Waals surface area (Å²) in [6.07, 6.45) is 1.02. The van der Waals surface area contributed by atoms with Crippen molar-refractivity contribution in [3.05, 3.63) is 30.3 Å². The highest BCUT2D eigenvalue weighted by Crippen LogP contribution is 2.18. The fourth-order valence-corrected chi connectivity index (χ4v) is 1.48. The Morgan fingerprint density at radius 1 is 1.13 bits per heavy atom. The lowest BCUT2D eigenvalue weighted by Gasteiger charge is -1.91. The zero-order valence-electron chi connectivity index (χ0n) is 7.91. The number of hydrogen-bond acceptors (Lipinski definition) is 5. The lowest BCUT2D eigenvalue weighted by atomic mass is 10.2. The first-order valence-electron chi connectivity index (χ1n) is 4.16. The summed E-state index contributed by atoms with van der Waals surface area (Å²) in [4.78, 5) is 0. The van der Waals surface area contributed by atoms with Crippen LogP contribution < -0.4 is 0 Å². The Hall–Kier alpha value is -1.69. The van der Waals surface area contributed by atoms with Crippen LogP contribution in [0.15, 0.2) is 40.0 Å². The zero-order chi connectivity index (χ0) is 10.9. The minimum atomic E-state index is -3.43. The summed E-state index contributed by atoms with van der Waals surface area (Å²) >= 11 is 0. The summed E-state index contributed by atoms with van der Waals surface area (Å²) in [6, 6.07) is 8.98. The smallest absolute Gasteiger partial charge is 0.335 e. The van der Waals surface area contributed by atoms with Crippen LogP contribution in [0.5, 0.6) is 0 Å². The molecule has 2 rings (SSSR count). The summed E-state index contributed by atoms with van der Waals surface area (Å²) in [5.41, 5.74) is 0.694. The van der Waals surface area contributed by atoms with Crippen LogP contribution in [0.3, 0.4) is 0 Å². The predicted molar refractivity (Wildman–Crippen MR) is 52.8 cm³/mol. The first-order chi connectivity index (χ1) is 7.07. The Kier molecular flexibility index (Phi) is 2.28. The lowest BCUT2D eigenvalue weighted by molar-refractivity contribution is 0.442. The molecule has 6 heteroatoms. The van der Waals surface area contributed by atoms with Gasteiger partial charge in [-0.1, -0.05) is 23.3 Å². The van der Waals surface area contributed by atoms with E-state index < -0.39 is 9.84 Å². The highest BCUT2D eigenvalue weighted by atomic mass is 32.2. The van der Waals surface area contributed by atoms with Crippen LogP contribution in [0.25, 0.3) is 11.5 Å². The standard InChI is InChI=1S/C9H8N2O3S/c1-15(12,13)9-11-10-8(14-9)7-5-3-2-4-6-7/h2-6H,1H3. The average molecular weight is 224 g/mol. The Labute approximate surface area is 86.7 Å². The van der Waals surface area contributed by atoms with E-state index in [4.69, 9.17) is 4.42 Å². The molecule has 1 heterocycles. The number of nitrogens with zero attached hydrogens (tertiary/aromatic N) is 2. The van der Waals surface area contributed by atoms with Crippen molar-refractivity contribution < 1.29 is 12.8 Å². The van der Waals surface area contributed by atoms with Crippen molar-refractivity contribution in [2.45, 2.75) is 5.22 Å². The number of benzene rings is 1. The maximum Gasteiger partial charge on any atom is 0.335 e. The van der Waals surface area contributed by atoms with E-state index >= 15 is 0 Å². The topological polar surface area (TPSA) is 73.1 Å². The van der Waals surface area contributed by atoms with Gasteiger partial charge in [-0.15, -0.1) is 5.10 Å². The van der Waals surface area contributed by atoms with E-state index in [9.17, 15) is 8.42 Å². The third-order valence-electron chi connectivity index (χ3n) is 1.74. The molecule has 0 amide bonds. The molecular weight excluding hydrogens is 216 g/mol. The van der Waals surface area contributed by atoms with Crippen LogP contribution in [0.4, 0.5) is 0 Å². The second-order valence-electron chi connectivity index (χ2n) is 3.01. The molecule has 0 fully saturated rings. The van der Waals surface area contributed by atoms with Gasteiger partial charge in [0.05, 0.1) is 0 Å². The highest BCUT2D eigenvalue weighted by Gasteiger charge is 2.16. The number of hydrogen-bond donors (Lipinski definition) is 0. The summed E-state index contributed by atoms with van der Waals surface area (Å²) in [5.74, 6) is 0.205. The molecular formula is C9H8N2O3S. The van der Waals surface area contributed by atoms with E-state index in [0.717, 1.165) is 6.26 Å². The van der Waals surface area contributed by atoms with Crippen molar-refractivity contribution in [2.75, 3.05) is 6.26 Å². The molecule has 15 heavy (non-hydrogen) atoms. The van der Waals surface area contributed by atoms with Crippen LogP contribution in [0.2, 0.25) is 0 Å². The van der Waals surface area contributed by atoms with Crippen molar-refractivity contribution >= 4 is 9.84 Å². The summed E-state index contributed by atoms with van der Waals surface area (Å²) in [7, 11) is -3.43. The van der Waals surface area contributed by atoms with Gasteiger partial charge >= 0.3 is 5.22 Å². The SMILES string of the molecule is CS(=O)(=O)c1nnc(-c2ccccc2)o1. The van der Waals surface area contributed by atoms with Gasteiger partial charge in [0, 0.05) is 11.8 Å². The van der Waals surface area contributed by atoms with Crippen molar-refractivity contribution in [3.8, 4) is 11.5 Å². The second-order valence-corrected chi connectivity index (χ2v) is 4.90. The Morgan fingerprint density at radius 2 is 1.80 bits per heavy atom. The molecule has 0 unspecified atom stereocenters. The first kappa shape index (κ1) is 9.85. The Balaban J connectivity index is 2.46. The third kappa shape index (κ3) is 2.04. The Morgan fingerprint density at radius 3 is 2.33 bits per heavy atom. The first-order valence-corrected chi connectivity index (χ1v) is 6.05. The molecule has 2 aromatic rings. The van der Waals surface area contributed by atoms with Crippen LogP contribution >= 0.6 is 0 Å². The molecule has 0 aliphatic carbocycles. The Bertz CT molecular complexity index is 560. The maximum absolute atomic E-state index is 11.1. The normalized spacial score (nSPS) is 11.5. The van der Waals surface area contributed by atoms with Crippen molar-refractivity contribution in [2.24, 2.45) is 0 Å². The molecule has 0 saturated heterocycles. The van der Waals surface area contributed by atoms with Crippen LogP contribution in [-0.4, -0.2) is 24.9 Å². The average Bonchev–Trinajstić information content (AvgIpc) is 2.67. The van der Waals surface area contributed by atoms with Gasteiger partial charge < -0.3 is 4.42 Å². The van der Waals surface area contributed by atoms with Crippen LogP contribution in [-0.2, 0) is 9.84 Å². The summed E-state index contributed by atoms with van der Waals surface area (Å²) < 4.78 is 27.2. The summed E-state index contributed by atoms with van der Waals surface area (Å²) in [6.45, 7) is 0. The number of rotatable bonds is 2. The van der Waals surface area contributed by atoms with Gasteiger partial charge in [-0.3, -0.25) is 0 Å². The predicted octanol–water partition coefficient (Wildman–Crippen LogP) is 1.14. The van der Waals surface area contributed by atoms with Crippen LogP contribution in [0.1, 0.15) is 0 Å². The second kappa shape index (κ2) is 3.47. The van der Waals surface area contributed by atoms with Gasteiger partial charge in [-0.05, 0) is 12.1 Å².